The standard InChI is InChI=1S/C11H16N2OS/c1-3-6-15-10-5-4-8(2)7-9(10)11(12)13-14/h4-5,7,14H,3,6H2,1-2H3,(H2,12,13). The second kappa shape index (κ2) is 5.66. The van der Waals surface area contributed by atoms with Crippen LogP contribution < -0.4 is 5.73 Å². The Morgan fingerprint density at radius 1 is 1.53 bits per heavy atom. The number of hydrogen-bond acceptors (Lipinski definition) is 3. The van der Waals surface area contributed by atoms with Gasteiger partial charge in [-0.1, -0.05) is 23.7 Å². The molecule has 3 nitrogen and oxygen atoms in total. The lowest BCUT2D eigenvalue weighted by Gasteiger charge is -2.08. The molecule has 4 heteroatoms. The van der Waals surface area contributed by atoms with Gasteiger partial charge in [0.1, 0.15) is 0 Å². The summed E-state index contributed by atoms with van der Waals surface area (Å²) in [6.45, 7) is 4.12. The van der Waals surface area contributed by atoms with Crippen LogP contribution in [-0.2, 0) is 0 Å². The predicted molar refractivity (Wildman–Crippen MR) is 64.7 cm³/mol. The lowest BCUT2D eigenvalue weighted by atomic mass is 10.1. The Kier molecular flexibility index (Phi) is 4.49. The molecule has 0 amide bonds. The Morgan fingerprint density at radius 2 is 2.27 bits per heavy atom. The van der Waals surface area contributed by atoms with Gasteiger partial charge < -0.3 is 10.9 Å². The molecule has 1 aromatic carbocycles. The molecule has 3 N–H and O–H groups in total. The van der Waals surface area contributed by atoms with E-state index in [9.17, 15) is 0 Å². The lowest BCUT2D eigenvalue weighted by Crippen LogP contribution is -2.14. The highest BCUT2D eigenvalue weighted by atomic mass is 32.2. The number of hydrogen-bond donors (Lipinski definition) is 2. The van der Waals surface area contributed by atoms with Crippen molar-refractivity contribution in [3.8, 4) is 0 Å². The van der Waals surface area contributed by atoms with Crippen molar-refractivity contribution in [2.45, 2.75) is 25.2 Å². The molecule has 0 radical (unpaired) electrons. The molecule has 0 bridgehead atoms. The monoisotopic (exact) mass is 224 g/mol. The highest BCUT2D eigenvalue weighted by molar-refractivity contribution is 7.99. The van der Waals surface area contributed by atoms with Crippen LogP contribution in [0.25, 0.3) is 0 Å². The maximum Gasteiger partial charge on any atom is 0.171 e. The summed E-state index contributed by atoms with van der Waals surface area (Å²) in [5, 5.41) is 11.7. The fraction of sp³-hybridized carbons (Fsp3) is 0.364. The first kappa shape index (κ1) is 11.9. The van der Waals surface area contributed by atoms with E-state index in [2.05, 4.69) is 12.1 Å². The SMILES string of the molecule is CCCSc1ccc(C)cc1/C(N)=N/O. The fourth-order valence-electron chi connectivity index (χ4n) is 1.24. The van der Waals surface area contributed by atoms with Gasteiger partial charge in [-0.2, -0.15) is 0 Å². The second-order valence-electron chi connectivity index (χ2n) is 3.33. The van der Waals surface area contributed by atoms with Crippen LogP contribution in [0.3, 0.4) is 0 Å². The van der Waals surface area contributed by atoms with E-state index < -0.39 is 0 Å². The molecule has 0 aliphatic rings. The number of aryl methyl sites for hydroxylation is 1. The Hall–Kier alpha value is -1.16. The Bertz CT molecular complexity index is 364. The van der Waals surface area contributed by atoms with Crippen LogP contribution in [0.4, 0.5) is 0 Å². The molecule has 0 aromatic heterocycles. The van der Waals surface area contributed by atoms with Crippen LogP contribution in [0.5, 0.6) is 0 Å². The van der Waals surface area contributed by atoms with Crippen LogP contribution in [0.2, 0.25) is 0 Å². The molecule has 0 saturated carbocycles. The number of amidine groups is 1. The molecule has 0 aliphatic carbocycles. The fourth-order valence-corrected chi connectivity index (χ4v) is 2.14. The highest BCUT2D eigenvalue weighted by Crippen LogP contribution is 2.24. The van der Waals surface area contributed by atoms with Crippen LogP contribution >= 0.6 is 11.8 Å². The number of nitrogens with two attached hydrogens (primary N) is 1. The largest absolute Gasteiger partial charge is 0.409 e. The van der Waals surface area contributed by atoms with E-state index in [1.54, 1.807) is 11.8 Å². The van der Waals surface area contributed by atoms with Crippen LogP contribution in [0, 0.1) is 6.92 Å². The van der Waals surface area contributed by atoms with Crippen molar-refractivity contribution in [3.05, 3.63) is 29.3 Å². The third kappa shape index (κ3) is 3.16. The molecule has 15 heavy (non-hydrogen) atoms. The van der Waals surface area contributed by atoms with Crippen molar-refractivity contribution >= 4 is 17.6 Å². The summed E-state index contributed by atoms with van der Waals surface area (Å²) in [4.78, 5) is 1.07. The van der Waals surface area contributed by atoms with Gasteiger partial charge in [-0.15, -0.1) is 11.8 Å². The number of benzene rings is 1. The molecule has 0 spiro atoms. The normalized spacial score (nSPS) is 11.7. The van der Waals surface area contributed by atoms with Gasteiger partial charge in [-0.25, -0.2) is 0 Å². The smallest absolute Gasteiger partial charge is 0.171 e. The van der Waals surface area contributed by atoms with Crippen LogP contribution in [0.15, 0.2) is 28.3 Å². The quantitative estimate of drug-likeness (QED) is 0.272. The van der Waals surface area contributed by atoms with Crippen molar-refractivity contribution in [1.29, 1.82) is 0 Å². The molecule has 0 atom stereocenters. The van der Waals surface area contributed by atoms with Gasteiger partial charge in [-0.05, 0) is 31.2 Å². The summed E-state index contributed by atoms with van der Waals surface area (Å²) < 4.78 is 0. The van der Waals surface area contributed by atoms with E-state index >= 15 is 0 Å². The third-order valence-electron chi connectivity index (χ3n) is 1.98. The molecular weight excluding hydrogens is 208 g/mol. The van der Waals surface area contributed by atoms with Gasteiger partial charge in [-0.3, -0.25) is 0 Å². The zero-order chi connectivity index (χ0) is 11.3. The summed E-state index contributed by atoms with van der Waals surface area (Å²) in [6.07, 6.45) is 1.11. The minimum atomic E-state index is 0.178. The number of thioether (sulfide) groups is 1. The maximum atomic E-state index is 8.68. The third-order valence-corrected chi connectivity index (χ3v) is 3.26. The second-order valence-corrected chi connectivity index (χ2v) is 4.47. The number of oxime groups is 1. The van der Waals surface area contributed by atoms with Crippen molar-refractivity contribution in [2.24, 2.45) is 10.9 Å². The number of rotatable bonds is 4. The molecule has 0 heterocycles. The summed E-state index contributed by atoms with van der Waals surface area (Å²) >= 11 is 1.73. The first-order valence-corrected chi connectivity index (χ1v) is 5.89. The van der Waals surface area contributed by atoms with E-state index in [-0.39, 0.29) is 5.84 Å². The molecule has 0 unspecified atom stereocenters. The van der Waals surface area contributed by atoms with Crippen molar-refractivity contribution in [3.63, 3.8) is 0 Å². The topological polar surface area (TPSA) is 58.6 Å². The first-order chi connectivity index (χ1) is 7.19. The zero-order valence-corrected chi connectivity index (χ0v) is 9.84. The van der Waals surface area contributed by atoms with E-state index in [0.29, 0.717) is 0 Å². The summed E-state index contributed by atoms with van der Waals surface area (Å²) in [5.41, 5.74) is 7.55. The molecule has 0 fully saturated rings. The lowest BCUT2D eigenvalue weighted by molar-refractivity contribution is 0.318. The molecule has 1 rings (SSSR count). The first-order valence-electron chi connectivity index (χ1n) is 4.90. The van der Waals surface area contributed by atoms with Gasteiger partial charge in [0.2, 0.25) is 0 Å². The summed E-state index contributed by atoms with van der Waals surface area (Å²) in [5.74, 6) is 1.21. The summed E-state index contributed by atoms with van der Waals surface area (Å²) in [7, 11) is 0. The summed E-state index contributed by atoms with van der Waals surface area (Å²) in [6, 6.07) is 5.99. The zero-order valence-electron chi connectivity index (χ0n) is 9.03. The van der Waals surface area contributed by atoms with Gasteiger partial charge in [0.25, 0.3) is 0 Å². The van der Waals surface area contributed by atoms with Crippen molar-refractivity contribution in [1.82, 2.24) is 0 Å². The minimum Gasteiger partial charge on any atom is -0.409 e. The molecule has 0 saturated heterocycles. The Balaban J connectivity index is 3.03. The van der Waals surface area contributed by atoms with Gasteiger partial charge >= 0.3 is 0 Å². The average molecular weight is 224 g/mol. The van der Waals surface area contributed by atoms with E-state index in [0.717, 1.165) is 28.2 Å². The van der Waals surface area contributed by atoms with Gasteiger partial charge in [0, 0.05) is 10.5 Å². The Labute approximate surface area is 94.4 Å². The van der Waals surface area contributed by atoms with E-state index in [1.807, 2.05) is 25.1 Å². The van der Waals surface area contributed by atoms with Crippen LogP contribution in [-0.4, -0.2) is 16.8 Å². The minimum absolute atomic E-state index is 0.178. The Morgan fingerprint density at radius 3 is 2.87 bits per heavy atom. The van der Waals surface area contributed by atoms with E-state index in [1.165, 1.54) is 0 Å². The van der Waals surface area contributed by atoms with Crippen LogP contribution in [0.1, 0.15) is 24.5 Å². The van der Waals surface area contributed by atoms with Crippen molar-refractivity contribution < 1.29 is 5.21 Å². The highest BCUT2D eigenvalue weighted by Gasteiger charge is 2.07. The number of nitrogens with zero attached hydrogens (tertiary/aromatic N) is 1. The van der Waals surface area contributed by atoms with Gasteiger partial charge in [0.05, 0.1) is 0 Å². The van der Waals surface area contributed by atoms with E-state index in [4.69, 9.17) is 10.9 Å². The predicted octanol–water partition coefficient (Wildman–Crippen LogP) is 2.59. The van der Waals surface area contributed by atoms with Gasteiger partial charge in [0.15, 0.2) is 5.84 Å². The van der Waals surface area contributed by atoms with Crippen molar-refractivity contribution in [2.75, 3.05) is 5.75 Å². The molecule has 82 valence electrons. The average Bonchev–Trinajstić information content (AvgIpc) is 2.26. The maximum absolute atomic E-state index is 8.68. The molecular formula is C11H16N2OS. The molecule has 1 aromatic rings. The molecule has 0 aliphatic heterocycles.